The number of carbonyl (C=O) groups excluding carboxylic acids is 2. The largest absolute Gasteiger partial charge is 0.355 e. The van der Waals surface area contributed by atoms with Crippen LogP contribution >= 0.6 is 0 Å². The number of rotatable bonds is 8. The van der Waals surface area contributed by atoms with Gasteiger partial charge in [0.2, 0.25) is 21.8 Å². The molecule has 9 heteroatoms. The molecule has 1 aliphatic rings. The normalized spacial score (nSPS) is 16.0. The van der Waals surface area contributed by atoms with Crippen molar-refractivity contribution in [2.75, 3.05) is 45.8 Å². The Kier molecular flexibility index (Phi) is 7.97. The Morgan fingerprint density at radius 1 is 1.00 bits per heavy atom. The van der Waals surface area contributed by atoms with Gasteiger partial charge in [-0.05, 0) is 43.5 Å². The Morgan fingerprint density at radius 2 is 1.68 bits per heavy atom. The van der Waals surface area contributed by atoms with Crippen LogP contribution in [0.4, 0.5) is 0 Å². The molecular formula is C19H30N4O4S. The van der Waals surface area contributed by atoms with Crippen molar-refractivity contribution in [3.05, 3.63) is 29.3 Å². The van der Waals surface area contributed by atoms with Crippen LogP contribution in [0.1, 0.15) is 24.5 Å². The summed E-state index contributed by atoms with van der Waals surface area (Å²) in [4.78, 5) is 25.7. The van der Waals surface area contributed by atoms with Crippen molar-refractivity contribution < 1.29 is 18.0 Å². The first kappa shape index (κ1) is 22.3. The van der Waals surface area contributed by atoms with Gasteiger partial charge in [-0.1, -0.05) is 13.0 Å². The summed E-state index contributed by atoms with van der Waals surface area (Å²) >= 11 is 0. The second-order valence-corrected chi connectivity index (χ2v) is 8.99. The third kappa shape index (κ3) is 6.02. The molecule has 0 aromatic heterocycles. The van der Waals surface area contributed by atoms with Gasteiger partial charge in [-0.2, -0.15) is 4.31 Å². The van der Waals surface area contributed by atoms with E-state index in [1.165, 1.54) is 4.31 Å². The van der Waals surface area contributed by atoms with Crippen molar-refractivity contribution in [1.82, 2.24) is 19.8 Å². The summed E-state index contributed by atoms with van der Waals surface area (Å²) in [5.41, 5.74) is 2.00. The van der Waals surface area contributed by atoms with Crippen LogP contribution in [-0.4, -0.2) is 75.3 Å². The van der Waals surface area contributed by atoms with Gasteiger partial charge in [-0.3, -0.25) is 14.5 Å². The number of hydrogen-bond acceptors (Lipinski definition) is 5. The number of nitrogens with one attached hydrogen (secondary N) is 2. The third-order valence-electron chi connectivity index (χ3n) is 4.83. The minimum Gasteiger partial charge on any atom is -0.355 e. The summed E-state index contributed by atoms with van der Waals surface area (Å²) in [5.74, 6) is -0.448. The van der Waals surface area contributed by atoms with Crippen LogP contribution in [0.3, 0.4) is 0 Å². The van der Waals surface area contributed by atoms with Crippen molar-refractivity contribution in [1.29, 1.82) is 0 Å². The van der Waals surface area contributed by atoms with E-state index in [0.29, 0.717) is 37.6 Å². The highest BCUT2D eigenvalue weighted by molar-refractivity contribution is 7.89. The molecule has 8 nitrogen and oxygen atoms in total. The number of aryl methyl sites for hydroxylation is 2. The highest BCUT2D eigenvalue weighted by atomic mass is 32.2. The lowest BCUT2D eigenvalue weighted by Crippen LogP contribution is -2.51. The Balaban J connectivity index is 1.82. The first-order chi connectivity index (χ1) is 13.2. The van der Waals surface area contributed by atoms with Gasteiger partial charge in [0.05, 0.1) is 18.0 Å². The lowest BCUT2D eigenvalue weighted by Gasteiger charge is -2.33. The van der Waals surface area contributed by atoms with Gasteiger partial charge in [0, 0.05) is 32.7 Å². The monoisotopic (exact) mass is 410 g/mol. The molecule has 28 heavy (non-hydrogen) atoms. The van der Waals surface area contributed by atoms with Crippen LogP contribution in [0.2, 0.25) is 0 Å². The zero-order valence-electron chi connectivity index (χ0n) is 16.8. The number of carbonyl (C=O) groups is 2. The SMILES string of the molecule is CCCNC(=O)CNC(=O)CN1CCN(S(=O)(=O)c2ccc(C)c(C)c2)CC1. The molecule has 0 radical (unpaired) electrons. The lowest BCUT2D eigenvalue weighted by molar-refractivity contribution is -0.126. The first-order valence-electron chi connectivity index (χ1n) is 9.57. The van der Waals surface area contributed by atoms with Crippen molar-refractivity contribution in [2.24, 2.45) is 0 Å². The Bertz CT molecular complexity index is 802. The molecule has 1 heterocycles. The van der Waals surface area contributed by atoms with E-state index in [1.54, 1.807) is 12.1 Å². The van der Waals surface area contributed by atoms with Crippen LogP contribution in [0.25, 0.3) is 0 Å². The molecule has 156 valence electrons. The molecule has 1 aromatic carbocycles. The predicted molar refractivity (Wildman–Crippen MR) is 107 cm³/mol. The fourth-order valence-corrected chi connectivity index (χ4v) is 4.42. The Morgan fingerprint density at radius 3 is 2.29 bits per heavy atom. The van der Waals surface area contributed by atoms with E-state index in [-0.39, 0.29) is 24.9 Å². The zero-order valence-corrected chi connectivity index (χ0v) is 17.6. The third-order valence-corrected chi connectivity index (χ3v) is 6.73. The highest BCUT2D eigenvalue weighted by Gasteiger charge is 2.29. The first-order valence-corrected chi connectivity index (χ1v) is 11.0. The molecule has 1 aliphatic heterocycles. The number of amides is 2. The fraction of sp³-hybridized carbons (Fsp3) is 0.579. The number of hydrogen-bond donors (Lipinski definition) is 2. The molecule has 0 bridgehead atoms. The standard InChI is InChI=1S/C19H30N4O4S/c1-4-7-20-18(24)13-21-19(25)14-22-8-10-23(11-9-22)28(26,27)17-6-5-15(2)16(3)12-17/h5-6,12H,4,7-11,13-14H2,1-3H3,(H,20,24)(H,21,25). The van der Waals surface area contributed by atoms with E-state index in [4.69, 9.17) is 0 Å². The average Bonchev–Trinajstić information content (AvgIpc) is 2.67. The molecule has 2 N–H and O–H groups in total. The molecule has 1 saturated heterocycles. The van der Waals surface area contributed by atoms with Gasteiger partial charge in [0.15, 0.2) is 0 Å². The number of benzene rings is 1. The molecule has 1 aromatic rings. The maximum atomic E-state index is 12.8. The van der Waals surface area contributed by atoms with Crippen LogP contribution in [0.15, 0.2) is 23.1 Å². The highest BCUT2D eigenvalue weighted by Crippen LogP contribution is 2.20. The summed E-state index contributed by atoms with van der Waals surface area (Å²) < 4.78 is 27.1. The summed E-state index contributed by atoms with van der Waals surface area (Å²) in [6, 6.07) is 5.16. The van der Waals surface area contributed by atoms with E-state index >= 15 is 0 Å². The number of sulfonamides is 1. The van der Waals surface area contributed by atoms with E-state index < -0.39 is 10.0 Å². The Labute approximate surface area is 167 Å². The fourth-order valence-electron chi connectivity index (χ4n) is 2.92. The molecule has 2 amide bonds. The molecule has 0 unspecified atom stereocenters. The maximum absolute atomic E-state index is 12.8. The quantitative estimate of drug-likeness (QED) is 0.640. The average molecular weight is 411 g/mol. The lowest BCUT2D eigenvalue weighted by atomic mass is 10.1. The summed E-state index contributed by atoms with van der Waals surface area (Å²) in [6.07, 6.45) is 0.842. The van der Waals surface area contributed by atoms with Gasteiger partial charge in [0.1, 0.15) is 0 Å². The number of nitrogens with zero attached hydrogens (tertiary/aromatic N) is 2. The van der Waals surface area contributed by atoms with Gasteiger partial charge in [-0.25, -0.2) is 8.42 Å². The summed E-state index contributed by atoms with van der Waals surface area (Å²) in [5, 5.41) is 5.29. The summed E-state index contributed by atoms with van der Waals surface area (Å²) in [6.45, 7) is 8.11. The topological polar surface area (TPSA) is 98.8 Å². The van der Waals surface area contributed by atoms with E-state index in [1.807, 2.05) is 31.7 Å². The number of piperazine rings is 1. The maximum Gasteiger partial charge on any atom is 0.243 e. The second kappa shape index (κ2) is 9.99. The minimum absolute atomic E-state index is 0.0417. The van der Waals surface area contributed by atoms with Crippen molar-refractivity contribution >= 4 is 21.8 Å². The van der Waals surface area contributed by atoms with Crippen molar-refractivity contribution in [2.45, 2.75) is 32.1 Å². The van der Waals surface area contributed by atoms with Crippen molar-refractivity contribution in [3.8, 4) is 0 Å². The van der Waals surface area contributed by atoms with Gasteiger partial charge >= 0.3 is 0 Å². The molecule has 2 rings (SSSR count). The zero-order chi connectivity index (χ0) is 20.7. The van der Waals surface area contributed by atoms with E-state index in [9.17, 15) is 18.0 Å². The van der Waals surface area contributed by atoms with Gasteiger partial charge in [0.25, 0.3) is 0 Å². The predicted octanol–water partition coefficient (Wildman–Crippen LogP) is 0.252. The molecule has 1 fully saturated rings. The molecule has 0 aliphatic carbocycles. The van der Waals surface area contributed by atoms with E-state index in [0.717, 1.165) is 17.5 Å². The van der Waals surface area contributed by atoms with Gasteiger partial charge < -0.3 is 10.6 Å². The second-order valence-electron chi connectivity index (χ2n) is 7.05. The van der Waals surface area contributed by atoms with Crippen LogP contribution in [0, 0.1) is 13.8 Å². The Hall–Kier alpha value is -1.97. The smallest absolute Gasteiger partial charge is 0.243 e. The molecule has 0 spiro atoms. The van der Waals surface area contributed by atoms with Gasteiger partial charge in [-0.15, -0.1) is 0 Å². The molecule has 0 atom stereocenters. The molecule has 0 saturated carbocycles. The van der Waals surface area contributed by atoms with Crippen molar-refractivity contribution in [3.63, 3.8) is 0 Å². The van der Waals surface area contributed by atoms with E-state index in [2.05, 4.69) is 10.6 Å². The van der Waals surface area contributed by atoms with Crippen LogP contribution < -0.4 is 10.6 Å². The molecular weight excluding hydrogens is 380 g/mol. The minimum atomic E-state index is -3.53. The summed E-state index contributed by atoms with van der Waals surface area (Å²) in [7, 11) is -3.53. The van der Waals surface area contributed by atoms with Crippen LogP contribution in [-0.2, 0) is 19.6 Å². The van der Waals surface area contributed by atoms with Crippen LogP contribution in [0.5, 0.6) is 0 Å².